The van der Waals surface area contributed by atoms with Crippen molar-refractivity contribution in [3.05, 3.63) is 70.7 Å². The number of hydrogen-bond donors (Lipinski definition) is 1. The number of rotatable bonds is 6. The van der Waals surface area contributed by atoms with Crippen molar-refractivity contribution in [3.8, 4) is 0 Å². The van der Waals surface area contributed by atoms with Crippen molar-refractivity contribution in [1.29, 1.82) is 0 Å². The second-order valence-corrected chi connectivity index (χ2v) is 6.37. The quantitative estimate of drug-likeness (QED) is 0.799. The van der Waals surface area contributed by atoms with Crippen molar-refractivity contribution in [2.75, 3.05) is 6.54 Å². The van der Waals surface area contributed by atoms with Crippen molar-refractivity contribution in [3.63, 3.8) is 0 Å². The van der Waals surface area contributed by atoms with E-state index in [1.165, 1.54) is 5.56 Å². The molecule has 0 unspecified atom stereocenters. The molecule has 1 amide bonds. The number of aryl methyl sites for hydroxylation is 1. The summed E-state index contributed by atoms with van der Waals surface area (Å²) < 4.78 is 0. The monoisotopic (exact) mass is 313 g/mol. The van der Waals surface area contributed by atoms with Gasteiger partial charge in [0, 0.05) is 11.6 Å². The van der Waals surface area contributed by atoms with Crippen LogP contribution in [0.2, 0.25) is 5.02 Å². The molecule has 0 atom stereocenters. The van der Waals surface area contributed by atoms with Crippen LogP contribution in [0, 0.1) is 0 Å². The van der Waals surface area contributed by atoms with Gasteiger partial charge in [-0.15, -0.1) is 0 Å². The molecule has 114 valence electrons. The molecule has 22 heavy (non-hydrogen) atoms. The molecule has 2 aromatic carbocycles. The van der Waals surface area contributed by atoms with Gasteiger partial charge in [-0.3, -0.25) is 4.79 Å². The molecule has 0 spiro atoms. The maximum absolute atomic E-state index is 12.5. The fraction of sp³-hybridized carbons (Fsp3) is 0.316. The lowest BCUT2D eigenvalue weighted by Crippen LogP contribution is -2.35. The molecule has 0 radical (unpaired) electrons. The Morgan fingerprint density at radius 1 is 1.05 bits per heavy atom. The molecule has 1 N–H and O–H groups in total. The molecule has 1 fully saturated rings. The van der Waals surface area contributed by atoms with Crippen molar-refractivity contribution < 1.29 is 4.79 Å². The van der Waals surface area contributed by atoms with Crippen molar-refractivity contribution >= 4 is 17.5 Å². The van der Waals surface area contributed by atoms with E-state index in [9.17, 15) is 4.79 Å². The summed E-state index contributed by atoms with van der Waals surface area (Å²) in [5.74, 6) is 0.155. The van der Waals surface area contributed by atoms with E-state index in [1.807, 2.05) is 42.5 Å². The van der Waals surface area contributed by atoms with Gasteiger partial charge in [0.2, 0.25) is 5.91 Å². The molecule has 0 heterocycles. The van der Waals surface area contributed by atoms with Crippen LogP contribution in [0.5, 0.6) is 0 Å². The molecule has 1 aliphatic carbocycles. The van der Waals surface area contributed by atoms with Crippen LogP contribution in [0.1, 0.15) is 30.4 Å². The van der Waals surface area contributed by atoms with Crippen LogP contribution in [0.15, 0.2) is 54.6 Å². The molecule has 1 aliphatic rings. The van der Waals surface area contributed by atoms with Crippen molar-refractivity contribution in [1.82, 2.24) is 5.32 Å². The Morgan fingerprint density at radius 3 is 2.36 bits per heavy atom. The number of benzene rings is 2. The molecule has 0 bridgehead atoms. The van der Waals surface area contributed by atoms with E-state index >= 15 is 0 Å². The van der Waals surface area contributed by atoms with Gasteiger partial charge in [0.25, 0.3) is 0 Å². The van der Waals surface area contributed by atoms with E-state index in [4.69, 9.17) is 11.6 Å². The third-order valence-corrected chi connectivity index (χ3v) is 4.60. The first-order chi connectivity index (χ1) is 10.7. The number of halogens is 1. The smallest absolute Gasteiger partial charge is 0.230 e. The third kappa shape index (κ3) is 3.33. The summed E-state index contributed by atoms with van der Waals surface area (Å²) in [6.45, 7) is 0.725. The predicted molar refractivity (Wildman–Crippen MR) is 90.1 cm³/mol. The lowest BCUT2D eigenvalue weighted by Gasteiger charge is -2.16. The van der Waals surface area contributed by atoms with Gasteiger partial charge in [0.1, 0.15) is 0 Å². The predicted octanol–water partition coefficient (Wildman–Crippen LogP) is 4.12. The summed E-state index contributed by atoms with van der Waals surface area (Å²) in [4.78, 5) is 12.5. The van der Waals surface area contributed by atoms with Crippen LogP contribution in [0.3, 0.4) is 0 Å². The second-order valence-electron chi connectivity index (χ2n) is 5.93. The topological polar surface area (TPSA) is 29.1 Å². The highest BCUT2D eigenvalue weighted by Crippen LogP contribution is 2.48. The Kier molecular flexibility index (Phi) is 4.49. The van der Waals surface area contributed by atoms with Gasteiger partial charge < -0.3 is 5.32 Å². The van der Waals surface area contributed by atoms with Gasteiger partial charge >= 0.3 is 0 Å². The minimum Gasteiger partial charge on any atom is -0.355 e. The summed E-state index contributed by atoms with van der Waals surface area (Å²) >= 11 is 5.92. The molecule has 2 aromatic rings. The Balaban J connectivity index is 1.51. The van der Waals surface area contributed by atoms with Gasteiger partial charge in [0.15, 0.2) is 0 Å². The van der Waals surface area contributed by atoms with Gasteiger partial charge in [-0.1, -0.05) is 54.1 Å². The third-order valence-electron chi connectivity index (χ3n) is 4.35. The van der Waals surface area contributed by atoms with E-state index in [2.05, 4.69) is 17.4 Å². The highest BCUT2D eigenvalue weighted by atomic mass is 35.5. The highest BCUT2D eigenvalue weighted by Gasteiger charge is 2.50. The lowest BCUT2D eigenvalue weighted by molar-refractivity contribution is -0.123. The maximum atomic E-state index is 12.5. The summed E-state index contributed by atoms with van der Waals surface area (Å²) in [5, 5.41) is 3.81. The molecular weight excluding hydrogens is 294 g/mol. The van der Waals surface area contributed by atoms with Gasteiger partial charge in [-0.05, 0) is 48.9 Å². The largest absolute Gasteiger partial charge is 0.355 e. The minimum absolute atomic E-state index is 0.155. The van der Waals surface area contributed by atoms with Crippen molar-refractivity contribution in [2.45, 2.75) is 31.1 Å². The van der Waals surface area contributed by atoms with Gasteiger partial charge in [-0.2, -0.15) is 0 Å². The Morgan fingerprint density at radius 2 is 1.73 bits per heavy atom. The fourth-order valence-corrected chi connectivity index (χ4v) is 2.98. The Bertz CT molecular complexity index is 632. The molecule has 1 saturated carbocycles. The van der Waals surface area contributed by atoms with E-state index in [0.717, 1.165) is 37.8 Å². The van der Waals surface area contributed by atoms with E-state index in [-0.39, 0.29) is 11.3 Å². The van der Waals surface area contributed by atoms with Crippen LogP contribution in [0.4, 0.5) is 0 Å². The number of hydrogen-bond acceptors (Lipinski definition) is 1. The Hall–Kier alpha value is -1.80. The number of amides is 1. The summed E-state index contributed by atoms with van der Waals surface area (Å²) in [7, 11) is 0. The highest BCUT2D eigenvalue weighted by molar-refractivity contribution is 6.30. The normalized spacial score (nSPS) is 15.3. The van der Waals surface area contributed by atoms with Crippen LogP contribution in [-0.2, 0) is 16.6 Å². The maximum Gasteiger partial charge on any atom is 0.230 e. The number of carbonyl (C=O) groups excluding carboxylic acids is 1. The first kappa shape index (κ1) is 15.1. The average molecular weight is 314 g/mol. The average Bonchev–Trinajstić information content (AvgIpc) is 3.35. The summed E-state index contributed by atoms with van der Waals surface area (Å²) in [6.07, 6.45) is 3.82. The lowest BCUT2D eigenvalue weighted by atomic mass is 9.95. The van der Waals surface area contributed by atoms with E-state index in [0.29, 0.717) is 5.02 Å². The minimum atomic E-state index is -0.308. The molecule has 0 saturated heterocycles. The first-order valence-electron chi connectivity index (χ1n) is 7.79. The molecule has 3 rings (SSSR count). The molecule has 0 aliphatic heterocycles. The molecule has 3 heteroatoms. The number of carbonyl (C=O) groups is 1. The SMILES string of the molecule is O=C(NCCCc1ccccc1)C1(c2ccc(Cl)cc2)CC1. The fourth-order valence-electron chi connectivity index (χ4n) is 2.85. The zero-order chi connectivity index (χ0) is 15.4. The molecular formula is C19H20ClNO. The zero-order valence-corrected chi connectivity index (χ0v) is 13.3. The van der Waals surface area contributed by atoms with Crippen LogP contribution >= 0.6 is 11.6 Å². The molecule has 2 nitrogen and oxygen atoms in total. The van der Waals surface area contributed by atoms with Crippen LogP contribution < -0.4 is 5.32 Å². The van der Waals surface area contributed by atoms with E-state index < -0.39 is 0 Å². The second kappa shape index (κ2) is 6.53. The van der Waals surface area contributed by atoms with Crippen LogP contribution in [0.25, 0.3) is 0 Å². The first-order valence-corrected chi connectivity index (χ1v) is 8.17. The number of nitrogens with one attached hydrogen (secondary N) is 1. The van der Waals surface area contributed by atoms with Gasteiger partial charge in [-0.25, -0.2) is 0 Å². The zero-order valence-electron chi connectivity index (χ0n) is 12.5. The summed E-state index contributed by atoms with van der Waals surface area (Å²) in [6, 6.07) is 18.0. The summed E-state index contributed by atoms with van der Waals surface area (Å²) in [5.41, 5.74) is 2.09. The van der Waals surface area contributed by atoms with E-state index in [1.54, 1.807) is 0 Å². The van der Waals surface area contributed by atoms with Crippen molar-refractivity contribution in [2.24, 2.45) is 0 Å². The van der Waals surface area contributed by atoms with Gasteiger partial charge in [0.05, 0.1) is 5.41 Å². The molecule has 0 aromatic heterocycles. The Labute approximate surface area is 136 Å². The van der Waals surface area contributed by atoms with Crippen LogP contribution in [-0.4, -0.2) is 12.5 Å². The standard InChI is InChI=1S/C19H20ClNO/c20-17-10-8-16(9-11-17)19(12-13-19)18(22)21-14-4-7-15-5-2-1-3-6-15/h1-3,5-6,8-11H,4,7,12-14H2,(H,21,22).